The normalized spacial score (nSPS) is 26.0. The van der Waals surface area contributed by atoms with Gasteiger partial charge in [0.1, 0.15) is 5.82 Å². The lowest BCUT2D eigenvalue weighted by Gasteiger charge is -2.36. The van der Waals surface area contributed by atoms with Crippen LogP contribution in [0, 0.1) is 5.41 Å². The van der Waals surface area contributed by atoms with Gasteiger partial charge in [-0.2, -0.15) is 5.10 Å². The molecule has 1 aromatic heterocycles. The van der Waals surface area contributed by atoms with Crippen LogP contribution in [0.4, 0.5) is 0 Å². The van der Waals surface area contributed by atoms with Crippen LogP contribution in [-0.4, -0.2) is 52.8 Å². The highest BCUT2D eigenvalue weighted by Gasteiger charge is 2.32. The second-order valence-corrected chi connectivity index (χ2v) is 7.70. The van der Waals surface area contributed by atoms with Crippen LogP contribution in [0.2, 0.25) is 0 Å². The van der Waals surface area contributed by atoms with Gasteiger partial charge in [0.25, 0.3) is 0 Å². The largest absolute Gasteiger partial charge is 0.316 e. The van der Waals surface area contributed by atoms with Gasteiger partial charge in [0.05, 0.1) is 0 Å². The molecule has 2 fully saturated rings. The van der Waals surface area contributed by atoms with Gasteiger partial charge in [0.15, 0.2) is 5.82 Å². The van der Waals surface area contributed by atoms with Crippen molar-refractivity contribution in [1.82, 2.24) is 25.4 Å². The molecule has 0 aliphatic carbocycles. The first kappa shape index (κ1) is 15.8. The van der Waals surface area contributed by atoms with Crippen molar-refractivity contribution in [2.75, 3.05) is 32.7 Å². The number of hydrogen-bond donors (Lipinski definition) is 2. The van der Waals surface area contributed by atoms with E-state index < -0.39 is 0 Å². The van der Waals surface area contributed by atoms with Crippen molar-refractivity contribution in [2.24, 2.45) is 5.41 Å². The van der Waals surface area contributed by atoms with E-state index in [1.54, 1.807) is 0 Å². The molecule has 0 spiro atoms. The van der Waals surface area contributed by atoms with E-state index in [9.17, 15) is 0 Å². The van der Waals surface area contributed by atoms with Gasteiger partial charge in [-0.25, -0.2) is 4.98 Å². The van der Waals surface area contributed by atoms with E-state index >= 15 is 0 Å². The molecule has 1 unspecified atom stereocenters. The van der Waals surface area contributed by atoms with Gasteiger partial charge < -0.3 is 10.2 Å². The number of aromatic nitrogens is 3. The van der Waals surface area contributed by atoms with E-state index in [1.807, 2.05) is 18.2 Å². The maximum Gasteiger partial charge on any atom is 0.181 e. The van der Waals surface area contributed by atoms with Gasteiger partial charge >= 0.3 is 0 Å². The average molecular weight is 325 g/mol. The lowest BCUT2D eigenvalue weighted by Crippen LogP contribution is -2.41. The van der Waals surface area contributed by atoms with Gasteiger partial charge in [0.2, 0.25) is 0 Å². The number of H-pyrrole nitrogens is 1. The van der Waals surface area contributed by atoms with Crippen molar-refractivity contribution in [3.05, 3.63) is 36.2 Å². The lowest BCUT2D eigenvalue weighted by molar-refractivity contribution is 0.143. The van der Waals surface area contributed by atoms with E-state index in [0.717, 1.165) is 23.8 Å². The van der Waals surface area contributed by atoms with Gasteiger partial charge in [-0.1, -0.05) is 37.3 Å². The van der Waals surface area contributed by atoms with Crippen molar-refractivity contribution >= 4 is 0 Å². The van der Waals surface area contributed by atoms with Crippen LogP contribution in [0.5, 0.6) is 0 Å². The Balaban J connectivity index is 1.35. The van der Waals surface area contributed by atoms with Crippen LogP contribution in [-0.2, 0) is 0 Å². The number of nitrogens with one attached hydrogen (secondary N) is 2. The topological polar surface area (TPSA) is 56.8 Å². The first-order valence-electron chi connectivity index (χ1n) is 9.13. The number of benzene rings is 1. The molecular weight excluding hydrogens is 298 g/mol. The fourth-order valence-electron chi connectivity index (χ4n) is 4.08. The molecule has 4 rings (SSSR count). The number of nitrogens with zero attached hydrogens (tertiary/aromatic N) is 3. The SMILES string of the molecule is CC1(CN2CCC(c3nc(-c4ccccc4)n[nH]3)CC2)CCNC1. The smallest absolute Gasteiger partial charge is 0.181 e. The zero-order valence-electron chi connectivity index (χ0n) is 14.5. The summed E-state index contributed by atoms with van der Waals surface area (Å²) in [6, 6.07) is 10.2. The summed E-state index contributed by atoms with van der Waals surface area (Å²) in [6.45, 7) is 8.31. The molecule has 1 atom stereocenters. The molecular formula is C19H27N5. The summed E-state index contributed by atoms with van der Waals surface area (Å²) >= 11 is 0. The second kappa shape index (κ2) is 6.65. The molecule has 0 saturated carbocycles. The van der Waals surface area contributed by atoms with E-state index in [1.165, 1.54) is 45.4 Å². The van der Waals surface area contributed by atoms with Crippen LogP contribution >= 0.6 is 0 Å². The molecule has 2 saturated heterocycles. The Labute approximate surface area is 143 Å². The van der Waals surface area contributed by atoms with Crippen LogP contribution in [0.15, 0.2) is 30.3 Å². The Bertz CT molecular complexity index is 651. The molecule has 24 heavy (non-hydrogen) atoms. The zero-order valence-corrected chi connectivity index (χ0v) is 14.5. The van der Waals surface area contributed by atoms with Crippen LogP contribution in [0.25, 0.3) is 11.4 Å². The molecule has 0 amide bonds. The summed E-state index contributed by atoms with van der Waals surface area (Å²) in [5.41, 5.74) is 1.54. The van der Waals surface area contributed by atoms with Gasteiger partial charge in [-0.3, -0.25) is 5.10 Å². The maximum atomic E-state index is 4.75. The first-order chi connectivity index (χ1) is 11.7. The van der Waals surface area contributed by atoms with Crippen LogP contribution in [0.3, 0.4) is 0 Å². The third-order valence-electron chi connectivity index (χ3n) is 5.57. The summed E-state index contributed by atoms with van der Waals surface area (Å²) < 4.78 is 0. The summed E-state index contributed by atoms with van der Waals surface area (Å²) in [5, 5.41) is 11.1. The predicted molar refractivity (Wildman–Crippen MR) is 95.8 cm³/mol. The van der Waals surface area contributed by atoms with Crippen molar-refractivity contribution in [1.29, 1.82) is 0 Å². The molecule has 2 aromatic rings. The zero-order chi connectivity index (χ0) is 16.4. The molecule has 2 N–H and O–H groups in total. The Morgan fingerprint density at radius 3 is 2.71 bits per heavy atom. The number of piperidine rings is 1. The fourth-order valence-corrected chi connectivity index (χ4v) is 4.08. The monoisotopic (exact) mass is 325 g/mol. The number of hydrogen-bond acceptors (Lipinski definition) is 4. The van der Waals surface area contributed by atoms with Crippen molar-refractivity contribution in [3.8, 4) is 11.4 Å². The molecule has 1 aromatic carbocycles. The minimum Gasteiger partial charge on any atom is -0.316 e. The van der Waals surface area contributed by atoms with E-state index in [0.29, 0.717) is 11.3 Å². The van der Waals surface area contributed by atoms with Crippen molar-refractivity contribution < 1.29 is 0 Å². The number of rotatable bonds is 4. The predicted octanol–water partition coefficient (Wildman–Crippen LogP) is 2.65. The Morgan fingerprint density at radius 1 is 1.21 bits per heavy atom. The van der Waals surface area contributed by atoms with E-state index in [-0.39, 0.29) is 0 Å². The molecule has 3 heterocycles. The van der Waals surface area contributed by atoms with Crippen molar-refractivity contribution in [3.63, 3.8) is 0 Å². The third kappa shape index (κ3) is 3.37. The van der Waals surface area contributed by atoms with Crippen LogP contribution < -0.4 is 5.32 Å². The molecule has 5 heteroatoms. The molecule has 128 valence electrons. The van der Waals surface area contributed by atoms with E-state index in [2.05, 4.69) is 39.5 Å². The summed E-state index contributed by atoms with van der Waals surface area (Å²) in [5.74, 6) is 2.39. The minimum atomic E-state index is 0.458. The highest BCUT2D eigenvalue weighted by molar-refractivity contribution is 5.53. The second-order valence-electron chi connectivity index (χ2n) is 7.70. The number of aromatic amines is 1. The summed E-state index contributed by atoms with van der Waals surface area (Å²) in [4.78, 5) is 7.39. The molecule has 2 aliphatic heterocycles. The van der Waals surface area contributed by atoms with Gasteiger partial charge in [0, 0.05) is 24.6 Å². The van der Waals surface area contributed by atoms with Crippen LogP contribution in [0.1, 0.15) is 37.9 Å². The summed E-state index contributed by atoms with van der Waals surface area (Å²) in [6.07, 6.45) is 3.65. The first-order valence-corrected chi connectivity index (χ1v) is 9.13. The Hall–Kier alpha value is -1.72. The molecule has 0 radical (unpaired) electrons. The molecule has 5 nitrogen and oxygen atoms in total. The standard InChI is InChI=1S/C19H27N5/c1-19(9-10-20-13-19)14-24-11-7-16(8-12-24)18-21-17(22-23-18)15-5-3-2-4-6-15/h2-6,16,20H,7-14H2,1H3,(H,21,22,23). The highest BCUT2D eigenvalue weighted by Crippen LogP contribution is 2.31. The number of likely N-dealkylation sites (tertiary alicyclic amines) is 1. The van der Waals surface area contributed by atoms with Gasteiger partial charge in [-0.05, 0) is 44.3 Å². The lowest BCUT2D eigenvalue weighted by atomic mass is 9.87. The fraction of sp³-hybridized carbons (Fsp3) is 0.579. The van der Waals surface area contributed by atoms with Crippen molar-refractivity contribution in [2.45, 2.75) is 32.1 Å². The quantitative estimate of drug-likeness (QED) is 0.907. The highest BCUT2D eigenvalue weighted by atomic mass is 15.2. The summed E-state index contributed by atoms with van der Waals surface area (Å²) in [7, 11) is 0. The average Bonchev–Trinajstić information content (AvgIpc) is 3.26. The molecule has 2 aliphatic rings. The van der Waals surface area contributed by atoms with E-state index in [4.69, 9.17) is 4.98 Å². The minimum absolute atomic E-state index is 0.458. The van der Waals surface area contributed by atoms with Gasteiger partial charge in [-0.15, -0.1) is 0 Å². The molecule has 0 bridgehead atoms. The third-order valence-corrected chi connectivity index (χ3v) is 5.57. The Morgan fingerprint density at radius 2 is 2.00 bits per heavy atom. The maximum absolute atomic E-state index is 4.75. The Kier molecular flexibility index (Phi) is 4.37.